The van der Waals surface area contributed by atoms with Gasteiger partial charge in [0.2, 0.25) is 0 Å². The van der Waals surface area contributed by atoms with E-state index >= 15 is 0 Å². The van der Waals surface area contributed by atoms with E-state index in [1.807, 2.05) is 6.92 Å². The maximum absolute atomic E-state index is 13.4. The SMILES string of the molecule is CC(NCC1CCC1)c1cc(F)c(Cl)cc1Cl. The fraction of sp³-hybridized carbons (Fsp3) is 0.538. The van der Waals surface area contributed by atoms with Crippen molar-refractivity contribution >= 4 is 23.2 Å². The Morgan fingerprint density at radius 2 is 2.06 bits per heavy atom. The van der Waals surface area contributed by atoms with E-state index in [0.29, 0.717) is 5.02 Å². The summed E-state index contributed by atoms with van der Waals surface area (Å²) in [5.41, 5.74) is 0.771. The van der Waals surface area contributed by atoms with E-state index in [4.69, 9.17) is 23.2 Å². The van der Waals surface area contributed by atoms with Crippen LogP contribution < -0.4 is 5.32 Å². The van der Waals surface area contributed by atoms with Crippen molar-refractivity contribution in [3.63, 3.8) is 0 Å². The van der Waals surface area contributed by atoms with Crippen LogP contribution in [0, 0.1) is 11.7 Å². The summed E-state index contributed by atoms with van der Waals surface area (Å²) in [5.74, 6) is 0.358. The van der Waals surface area contributed by atoms with Gasteiger partial charge in [-0.05, 0) is 49.9 Å². The molecule has 17 heavy (non-hydrogen) atoms. The molecular weight excluding hydrogens is 260 g/mol. The summed E-state index contributed by atoms with van der Waals surface area (Å²) in [5, 5.41) is 3.99. The van der Waals surface area contributed by atoms with Gasteiger partial charge in [0.1, 0.15) is 5.82 Å². The summed E-state index contributed by atoms with van der Waals surface area (Å²) in [6.07, 6.45) is 3.92. The molecule has 0 radical (unpaired) electrons. The highest BCUT2D eigenvalue weighted by Gasteiger charge is 2.19. The summed E-state index contributed by atoms with van der Waals surface area (Å²) in [6, 6.07) is 2.94. The van der Waals surface area contributed by atoms with Crippen LogP contribution in [0.2, 0.25) is 10.0 Å². The van der Waals surface area contributed by atoms with Gasteiger partial charge in [-0.25, -0.2) is 4.39 Å². The van der Waals surface area contributed by atoms with Crippen LogP contribution in [-0.4, -0.2) is 6.54 Å². The molecule has 0 bridgehead atoms. The topological polar surface area (TPSA) is 12.0 Å². The molecule has 0 spiro atoms. The van der Waals surface area contributed by atoms with Crippen LogP contribution in [0.5, 0.6) is 0 Å². The van der Waals surface area contributed by atoms with Gasteiger partial charge in [-0.1, -0.05) is 29.6 Å². The smallest absolute Gasteiger partial charge is 0.142 e. The van der Waals surface area contributed by atoms with Crippen LogP contribution in [0.1, 0.15) is 37.8 Å². The van der Waals surface area contributed by atoms with Gasteiger partial charge < -0.3 is 5.32 Å². The Labute approximate surface area is 111 Å². The zero-order chi connectivity index (χ0) is 12.4. The maximum atomic E-state index is 13.4. The fourth-order valence-corrected chi connectivity index (χ4v) is 2.57. The first-order valence-corrected chi connectivity index (χ1v) is 6.71. The van der Waals surface area contributed by atoms with Gasteiger partial charge in [0.15, 0.2) is 0 Å². The summed E-state index contributed by atoms with van der Waals surface area (Å²) in [7, 11) is 0. The van der Waals surface area contributed by atoms with Gasteiger partial charge in [-0.2, -0.15) is 0 Å². The lowest BCUT2D eigenvalue weighted by Gasteiger charge is -2.27. The first-order chi connectivity index (χ1) is 8.08. The summed E-state index contributed by atoms with van der Waals surface area (Å²) in [6.45, 7) is 2.97. The summed E-state index contributed by atoms with van der Waals surface area (Å²) < 4.78 is 13.4. The van der Waals surface area contributed by atoms with Crippen molar-refractivity contribution in [2.45, 2.75) is 32.2 Å². The molecular formula is C13H16Cl2FN. The molecule has 0 amide bonds. The first-order valence-electron chi connectivity index (χ1n) is 5.95. The number of benzene rings is 1. The molecule has 0 aromatic heterocycles. The van der Waals surface area contributed by atoms with Crippen LogP contribution >= 0.6 is 23.2 Å². The van der Waals surface area contributed by atoms with E-state index in [2.05, 4.69) is 5.32 Å². The van der Waals surface area contributed by atoms with E-state index < -0.39 is 5.82 Å². The van der Waals surface area contributed by atoms with Crippen LogP contribution in [0.4, 0.5) is 4.39 Å². The molecule has 1 unspecified atom stereocenters. The average Bonchev–Trinajstić information content (AvgIpc) is 2.21. The average molecular weight is 276 g/mol. The van der Waals surface area contributed by atoms with Crippen molar-refractivity contribution in [2.75, 3.05) is 6.54 Å². The number of hydrogen-bond acceptors (Lipinski definition) is 1. The number of halogens is 3. The zero-order valence-corrected chi connectivity index (χ0v) is 11.3. The minimum Gasteiger partial charge on any atom is -0.310 e. The molecule has 0 saturated heterocycles. The van der Waals surface area contributed by atoms with Gasteiger partial charge in [-0.3, -0.25) is 0 Å². The van der Waals surface area contributed by atoms with E-state index in [1.165, 1.54) is 31.4 Å². The quantitative estimate of drug-likeness (QED) is 0.793. The highest BCUT2D eigenvalue weighted by molar-refractivity contribution is 6.35. The highest BCUT2D eigenvalue weighted by atomic mass is 35.5. The molecule has 1 aliphatic rings. The molecule has 1 aromatic carbocycles. The van der Waals surface area contributed by atoms with Crippen LogP contribution in [0.25, 0.3) is 0 Å². The Kier molecular flexibility index (Phi) is 4.29. The van der Waals surface area contributed by atoms with Crippen LogP contribution in [0.15, 0.2) is 12.1 Å². The van der Waals surface area contributed by atoms with E-state index in [1.54, 1.807) is 0 Å². The molecule has 0 aliphatic heterocycles. The monoisotopic (exact) mass is 275 g/mol. The van der Waals surface area contributed by atoms with Crippen LogP contribution in [-0.2, 0) is 0 Å². The molecule has 1 saturated carbocycles. The summed E-state index contributed by atoms with van der Waals surface area (Å²) in [4.78, 5) is 0. The largest absolute Gasteiger partial charge is 0.310 e. The predicted molar refractivity (Wildman–Crippen MR) is 70.2 cm³/mol. The third-order valence-corrected chi connectivity index (χ3v) is 4.06. The normalized spacial score (nSPS) is 17.9. The van der Waals surface area contributed by atoms with Gasteiger partial charge in [0, 0.05) is 11.1 Å². The molecule has 2 rings (SSSR count). The van der Waals surface area contributed by atoms with Gasteiger partial charge in [0.05, 0.1) is 5.02 Å². The van der Waals surface area contributed by atoms with Gasteiger partial charge in [0.25, 0.3) is 0 Å². The second-order valence-corrected chi connectivity index (χ2v) is 5.53. The van der Waals surface area contributed by atoms with Gasteiger partial charge >= 0.3 is 0 Å². The Morgan fingerprint density at radius 3 is 2.65 bits per heavy atom. The fourth-order valence-electron chi connectivity index (χ4n) is 2.02. The van der Waals surface area contributed by atoms with Crippen molar-refractivity contribution in [2.24, 2.45) is 5.92 Å². The molecule has 1 aliphatic carbocycles. The van der Waals surface area contributed by atoms with Crippen molar-refractivity contribution in [1.82, 2.24) is 5.32 Å². The standard InChI is InChI=1S/C13H16Cl2FN/c1-8(17-7-9-3-2-4-9)10-5-13(16)12(15)6-11(10)14/h5-6,8-9,17H,2-4,7H2,1H3. The number of hydrogen-bond donors (Lipinski definition) is 1. The lowest BCUT2D eigenvalue weighted by molar-refractivity contribution is 0.292. The van der Waals surface area contributed by atoms with Crippen molar-refractivity contribution < 1.29 is 4.39 Å². The lowest BCUT2D eigenvalue weighted by Crippen LogP contribution is -2.29. The minimum absolute atomic E-state index is 0.0508. The lowest BCUT2D eigenvalue weighted by atomic mass is 9.85. The molecule has 1 fully saturated rings. The van der Waals surface area contributed by atoms with Crippen LogP contribution in [0.3, 0.4) is 0 Å². The molecule has 94 valence electrons. The van der Waals surface area contributed by atoms with E-state index in [-0.39, 0.29) is 11.1 Å². The number of nitrogens with one attached hydrogen (secondary N) is 1. The van der Waals surface area contributed by atoms with Crippen molar-refractivity contribution in [3.05, 3.63) is 33.6 Å². The Balaban J connectivity index is 2.01. The Bertz CT molecular complexity index is 405. The third-order valence-electron chi connectivity index (χ3n) is 3.44. The second kappa shape index (κ2) is 5.55. The maximum Gasteiger partial charge on any atom is 0.142 e. The minimum atomic E-state index is -0.414. The number of rotatable bonds is 4. The van der Waals surface area contributed by atoms with Crippen molar-refractivity contribution in [3.8, 4) is 0 Å². The molecule has 1 N–H and O–H groups in total. The first kappa shape index (κ1) is 13.1. The zero-order valence-electron chi connectivity index (χ0n) is 9.77. The second-order valence-electron chi connectivity index (χ2n) is 4.71. The van der Waals surface area contributed by atoms with E-state index in [9.17, 15) is 4.39 Å². The molecule has 1 atom stereocenters. The highest BCUT2D eigenvalue weighted by Crippen LogP contribution is 2.30. The molecule has 1 aromatic rings. The third kappa shape index (κ3) is 3.12. The van der Waals surface area contributed by atoms with Gasteiger partial charge in [-0.15, -0.1) is 0 Å². The van der Waals surface area contributed by atoms with E-state index in [0.717, 1.165) is 18.0 Å². The Morgan fingerprint density at radius 1 is 1.35 bits per heavy atom. The predicted octanol–water partition coefficient (Wildman–Crippen LogP) is 4.58. The molecule has 0 heterocycles. The molecule has 1 nitrogen and oxygen atoms in total. The summed E-state index contributed by atoms with van der Waals surface area (Å²) >= 11 is 11.7. The van der Waals surface area contributed by atoms with Crippen molar-refractivity contribution in [1.29, 1.82) is 0 Å². The Hall–Kier alpha value is -0.310. The molecule has 4 heteroatoms.